The lowest BCUT2D eigenvalue weighted by Gasteiger charge is -2.10. The van der Waals surface area contributed by atoms with Crippen molar-refractivity contribution in [2.75, 3.05) is 7.11 Å². The molecule has 0 aliphatic carbocycles. The first-order valence-corrected chi connectivity index (χ1v) is 11.2. The highest BCUT2D eigenvalue weighted by Crippen LogP contribution is 2.27. The number of nitrogens with zero attached hydrogens (tertiary/aromatic N) is 4. The summed E-state index contributed by atoms with van der Waals surface area (Å²) in [7, 11) is 1.57. The van der Waals surface area contributed by atoms with Crippen LogP contribution in [0, 0.1) is 0 Å². The van der Waals surface area contributed by atoms with E-state index in [4.69, 9.17) is 9.26 Å². The van der Waals surface area contributed by atoms with Gasteiger partial charge in [0.05, 0.1) is 18.2 Å². The Morgan fingerprint density at radius 1 is 1.00 bits per heavy atom. The van der Waals surface area contributed by atoms with E-state index in [9.17, 15) is 9.59 Å². The van der Waals surface area contributed by atoms with E-state index >= 15 is 0 Å². The van der Waals surface area contributed by atoms with E-state index in [0.717, 1.165) is 5.56 Å². The normalized spacial score (nSPS) is 11.2. The van der Waals surface area contributed by atoms with E-state index in [2.05, 4.69) is 10.1 Å². The maximum Gasteiger partial charge on any atom is 0.332 e. The largest absolute Gasteiger partial charge is 0.496 e. The standard InChI is InChI=1S/C24H20N4O4S/c1-31-19-10-6-5-9-17(19)22-25-20(32-26-22)15-28-18-12-14-33-21(18)23(29)27(24(28)30)13-11-16-7-3-2-4-8-16/h2-10,12,14H,11,13,15H2,1H3. The Balaban J connectivity index is 1.51. The Labute approximate surface area is 192 Å². The number of aromatic nitrogens is 4. The van der Waals surface area contributed by atoms with Gasteiger partial charge in [-0.2, -0.15) is 4.98 Å². The van der Waals surface area contributed by atoms with Crippen LogP contribution >= 0.6 is 11.3 Å². The van der Waals surface area contributed by atoms with E-state index in [-0.39, 0.29) is 24.5 Å². The third-order valence-corrected chi connectivity index (χ3v) is 6.30. The van der Waals surface area contributed by atoms with Gasteiger partial charge in [-0.3, -0.25) is 13.9 Å². The van der Waals surface area contributed by atoms with Gasteiger partial charge < -0.3 is 9.26 Å². The van der Waals surface area contributed by atoms with Gasteiger partial charge in [0.1, 0.15) is 17.0 Å². The van der Waals surface area contributed by atoms with E-state index in [1.807, 2.05) is 54.6 Å². The molecule has 0 amide bonds. The molecule has 0 aliphatic heterocycles. The van der Waals surface area contributed by atoms with Gasteiger partial charge in [0.25, 0.3) is 5.56 Å². The van der Waals surface area contributed by atoms with Gasteiger partial charge in [0, 0.05) is 6.54 Å². The van der Waals surface area contributed by atoms with Gasteiger partial charge >= 0.3 is 5.69 Å². The number of hydrogen-bond donors (Lipinski definition) is 0. The summed E-state index contributed by atoms with van der Waals surface area (Å²) in [4.78, 5) is 30.8. The van der Waals surface area contributed by atoms with Gasteiger partial charge in [-0.15, -0.1) is 11.3 Å². The number of fused-ring (bicyclic) bond motifs is 1. The summed E-state index contributed by atoms with van der Waals surface area (Å²) in [6.07, 6.45) is 0.575. The van der Waals surface area contributed by atoms with Crippen LogP contribution in [0.1, 0.15) is 11.5 Å². The first-order chi connectivity index (χ1) is 16.2. The Morgan fingerprint density at radius 3 is 2.61 bits per heavy atom. The van der Waals surface area contributed by atoms with Gasteiger partial charge in [-0.1, -0.05) is 47.6 Å². The molecule has 0 fully saturated rings. The SMILES string of the molecule is COc1ccccc1-c1noc(Cn2c(=O)n(CCc3ccccc3)c(=O)c3sccc32)n1. The van der Waals surface area contributed by atoms with Crippen molar-refractivity contribution in [2.45, 2.75) is 19.5 Å². The minimum absolute atomic E-state index is 0.0554. The molecule has 0 saturated carbocycles. The number of methoxy groups -OCH3 is 1. The molecule has 0 unspecified atom stereocenters. The molecule has 2 aromatic carbocycles. The molecule has 0 aliphatic rings. The van der Waals surface area contributed by atoms with Crippen LogP contribution < -0.4 is 16.0 Å². The van der Waals surface area contributed by atoms with Crippen molar-refractivity contribution in [1.29, 1.82) is 0 Å². The van der Waals surface area contributed by atoms with E-state index in [1.165, 1.54) is 20.5 Å². The van der Waals surface area contributed by atoms with Crippen LogP contribution in [0.2, 0.25) is 0 Å². The Kier molecular flexibility index (Phi) is 5.62. The zero-order chi connectivity index (χ0) is 22.8. The second kappa shape index (κ2) is 8.87. The van der Waals surface area contributed by atoms with Gasteiger partial charge in [0.2, 0.25) is 11.7 Å². The van der Waals surface area contributed by atoms with E-state index in [1.54, 1.807) is 18.6 Å². The van der Waals surface area contributed by atoms with Crippen molar-refractivity contribution in [2.24, 2.45) is 0 Å². The number of para-hydroxylation sites is 1. The third-order valence-electron chi connectivity index (χ3n) is 5.41. The van der Waals surface area contributed by atoms with Crippen LogP contribution in [0.3, 0.4) is 0 Å². The summed E-state index contributed by atoms with van der Waals surface area (Å²) in [6, 6.07) is 18.9. The molecular formula is C24H20N4O4S. The summed E-state index contributed by atoms with van der Waals surface area (Å²) >= 11 is 1.31. The Hall–Kier alpha value is -3.98. The lowest BCUT2D eigenvalue weighted by molar-refractivity contribution is 0.368. The minimum atomic E-state index is -0.404. The molecule has 5 rings (SSSR count). The monoisotopic (exact) mass is 460 g/mol. The highest BCUT2D eigenvalue weighted by atomic mass is 32.1. The molecule has 3 heterocycles. The highest BCUT2D eigenvalue weighted by molar-refractivity contribution is 7.17. The number of aryl methyl sites for hydroxylation is 1. The predicted octanol–water partition coefficient (Wildman–Crippen LogP) is 3.57. The number of benzene rings is 2. The van der Waals surface area contributed by atoms with Gasteiger partial charge in [-0.05, 0) is 35.6 Å². The fourth-order valence-corrected chi connectivity index (χ4v) is 4.60. The third kappa shape index (κ3) is 3.98. The zero-order valence-electron chi connectivity index (χ0n) is 17.8. The number of thiophene rings is 1. The van der Waals surface area contributed by atoms with Crippen LogP contribution in [-0.2, 0) is 19.5 Å². The first kappa shape index (κ1) is 20.9. The van der Waals surface area contributed by atoms with Gasteiger partial charge in [0.15, 0.2) is 0 Å². The van der Waals surface area contributed by atoms with Crippen molar-refractivity contribution >= 4 is 21.6 Å². The second-order valence-electron chi connectivity index (χ2n) is 7.41. The minimum Gasteiger partial charge on any atom is -0.496 e. The quantitative estimate of drug-likeness (QED) is 0.369. The average Bonchev–Trinajstić information content (AvgIpc) is 3.52. The summed E-state index contributed by atoms with van der Waals surface area (Å²) in [5, 5.41) is 5.86. The molecule has 5 aromatic rings. The van der Waals surface area contributed by atoms with Gasteiger partial charge in [-0.25, -0.2) is 4.79 Å². The number of ether oxygens (including phenoxy) is 1. The van der Waals surface area contributed by atoms with Crippen LogP contribution in [0.5, 0.6) is 5.75 Å². The molecule has 9 heteroatoms. The second-order valence-corrected chi connectivity index (χ2v) is 8.32. The maximum absolute atomic E-state index is 13.3. The summed E-state index contributed by atoms with van der Waals surface area (Å²) in [6.45, 7) is 0.339. The van der Waals surface area contributed by atoms with Crippen molar-refractivity contribution in [1.82, 2.24) is 19.3 Å². The van der Waals surface area contributed by atoms with E-state index in [0.29, 0.717) is 33.8 Å². The summed E-state index contributed by atoms with van der Waals surface area (Å²) < 4.78 is 14.1. The van der Waals surface area contributed by atoms with Crippen LogP contribution in [0.15, 0.2) is 80.2 Å². The fraction of sp³-hybridized carbons (Fsp3) is 0.167. The molecule has 3 aromatic heterocycles. The molecule has 0 spiro atoms. The Bertz CT molecular complexity index is 1530. The molecule has 0 N–H and O–H groups in total. The topological polar surface area (TPSA) is 92.2 Å². The average molecular weight is 461 g/mol. The summed E-state index contributed by atoms with van der Waals surface area (Å²) in [5.41, 5.74) is 1.62. The zero-order valence-corrected chi connectivity index (χ0v) is 18.6. The summed E-state index contributed by atoms with van der Waals surface area (Å²) in [5.74, 6) is 1.25. The van der Waals surface area contributed by atoms with Crippen molar-refractivity contribution < 1.29 is 9.26 Å². The molecule has 0 saturated heterocycles. The molecule has 166 valence electrons. The predicted molar refractivity (Wildman–Crippen MR) is 126 cm³/mol. The molecular weight excluding hydrogens is 440 g/mol. The van der Waals surface area contributed by atoms with E-state index < -0.39 is 5.69 Å². The molecule has 0 radical (unpaired) electrons. The molecule has 8 nitrogen and oxygen atoms in total. The van der Waals surface area contributed by atoms with Crippen LogP contribution in [0.4, 0.5) is 0 Å². The maximum atomic E-state index is 13.3. The lowest BCUT2D eigenvalue weighted by atomic mass is 10.1. The molecule has 33 heavy (non-hydrogen) atoms. The number of rotatable bonds is 7. The smallest absolute Gasteiger partial charge is 0.332 e. The van der Waals surface area contributed by atoms with Crippen LogP contribution in [-0.4, -0.2) is 26.4 Å². The van der Waals surface area contributed by atoms with Crippen molar-refractivity contribution in [3.05, 3.63) is 98.3 Å². The fourth-order valence-electron chi connectivity index (χ4n) is 3.76. The van der Waals surface area contributed by atoms with Crippen LogP contribution in [0.25, 0.3) is 21.6 Å². The molecule has 0 bridgehead atoms. The Morgan fingerprint density at radius 2 is 1.79 bits per heavy atom. The lowest BCUT2D eigenvalue weighted by Crippen LogP contribution is -2.40. The molecule has 0 atom stereocenters. The number of hydrogen-bond acceptors (Lipinski definition) is 7. The van der Waals surface area contributed by atoms with Crippen molar-refractivity contribution in [3.63, 3.8) is 0 Å². The highest BCUT2D eigenvalue weighted by Gasteiger charge is 2.18. The first-order valence-electron chi connectivity index (χ1n) is 10.4. The van der Waals surface area contributed by atoms with Crippen molar-refractivity contribution in [3.8, 4) is 17.1 Å².